The van der Waals surface area contributed by atoms with Crippen molar-refractivity contribution in [1.82, 2.24) is 10.2 Å². The average molecular weight is 246 g/mol. The lowest BCUT2D eigenvalue weighted by atomic mass is 10.1. The van der Waals surface area contributed by atoms with E-state index in [1.807, 2.05) is 6.07 Å². The molecule has 3 nitrogen and oxygen atoms in total. The maximum absolute atomic E-state index is 9.47. The maximum atomic E-state index is 9.47. The minimum atomic E-state index is 0.392. The number of hydrogen-bond donors (Lipinski definition) is 2. The summed E-state index contributed by atoms with van der Waals surface area (Å²) in [5.74, 6) is 0.392. The van der Waals surface area contributed by atoms with Crippen molar-refractivity contribution in [3.05, 3.63) is 29.3 Å². The summed E-state index contributed by atoms with van der Waals surface area (Å²) in [6.45, 7) is 2.19. The number of phenolic OH excluding ortho intramolecular Hbond substituents is 1. The number of nitrogens with one attached hydrogen (secondary N) is 1. The second-order valence-corrected chi connectivity index (χ2v) is 5.64. The Morgan fingerprint density at radius 1 is 1.33 bits per heavy atom. The highest BCUT2D eigenvalue weighted by molar-refractivity contribution is 5.39. The Morgan fingerprint density at radius 3 is 2.94 bits per heavy atom. The lowest BCUT2D eigenvalue weighted by Crippen LogP contribution is -2.32. The van der Waals surface area contributed by atoms with E-state index in [0.717, 1.165) is 32.0 Å². The van der Waals surface area contributed by atoms with Gasteiger partial charge in [0.1, 0.15) is 5.75 Å². The first-order valence-corrected chi connectivity index (χ1v) is 6.99. The molecule has 0 aromatic heterocycles. The molecule has 0 heterocycles. The predicted molar refractivity (Wildman–Crippen MR) is 72.8 cm³/mol. The molecule has 1 saturated carbocycles. The number of benzene rings is 1. The van der Waals surface area contributed by atoms with Gasteiger partial charge in [0.05, 0.1) is 0 Å². The number of hydrogen-bond acceptors (Lipinski definition) is 3. The summed E-state index contributed by atoms with van der Waals surface area (Å²) in [5.41, 5.74) is 2.69. The van der Waals surface area contributed by atoms with E-state index in [1.54, 1.807) is 6.07 Å². The Bertz CT molecular complexity index is 429. The zero-order valence-electron chi connectivity index (χ0n) is 11.0. The monoisotopic (exact) mass is 246 g/mol. The van der Waals surface area contributed by atoms with Gasteiger partial charge in [-0.05, 0) is 56.0 Å². The van der Waals surface area contributed by atoms with Crippen LogP contribution in [0.4, 0.5) is 0 Å². The third-order valence-electron chi connectivity index (χ3n) is 4.23. The fourth-order valence-corrected chi connectivity index (χ4v) is 2.93. The van der Waals surface area contributed by atoms with E-state index in [2.05, 4.69) is 23.3 Å². The second-order valence-electron chi connectivity index (χ2n) is 5.64. The van der Waals surface area contributed by atoms with E-state index in [0.29, 0.717) is 11.8 Å². The third kappa shape index (κ3) is 2.52. The first kappa shape index (κ1) is 12.0. The third-order valence-corrected chi connectivity index (χ3v) is 4.23. The molecular weight excluding hydrogens is 224 g/mol. The molecule has 0 saturated heterocycles. The molecule has 0 bridgehead atoms. The molecule has 0 amide bonds. The van der Waals surface area contributed by atoms with Crippen LogP contribution in [0.5, 0.6) is 5.75 Å². The summed E-state index contributed by atoms with van der Waals surface area (Å²) < 4.78 is 0. The van der Waals surface area contributed by atoms with E-state index >= 15 is 0 Å². The molecule has 0 aliphatic heterocycles. The summed E-state index contributed by atoms with van der Waals surface area (Å²) in [6.07, 6.45) is 5.00. The lowest BCUT2D eigenvalue weighted by molar-refractivity contribution is 0.314. The summed E-state index contributed by atoms with van der Waals surface area (Å²) in [5, 5.41) is 13.1. The SMILES string of the molecule is CN(CCNC1CCc2cc(O)ccc21)C1CC1. The molecule has 18 heavy (non-hydrogen) atoms. The highest BCUT2D eigenvalue weighted by Gasteiger charge is 2.26. The minimum Gasteiger partial charge on any atom is -0.508 e. The van der Waals surface area contributed by atoms with Gasteiger partial charge in [-0.15, -0.1) is 0 Å². The smallest absolute Gasteiger partial charge is 0.115 e. The fourth-order valence-electron chi connectivity index (χ4n) is 2.93. The van der Waals surface area contributed by atoms with E-state index in [4.69, 9.17) is 0 Å². The lowest BCUT2D eigenvalue weighted by Gasteiger charge is -2.19. The molecule has 1 unspecified atom stereocenters. The Balaban J connectivity index is 1.52. The molecule has 0 radical (unpaired) electrons. The van der Waals surface area contributed by atoms with E-state index in [1.165, 1.54) is 24.0 Å². The topological polar surface area (TPSA) is 35.5 Å². The van der Waals surface area contributed by atoms with Crippen molar-refractivity contribution in [2.24, 2.45) is 0 Å². The van der Waals surface area contributed by atoms with Crippen molar-refractivity contribution in [2.45, 2.75) is 37.8 Å². The number of fused-ring (bicyclic) bond motifs is 1. The Kier molecular flexibility index (Phi) is 3.27. The van der Waals surface area contributed by atoms with E-state index in [-0.39, 0.29) is 0 Å². The van der Waals surface area contributed by atoms with Crippen LogP contribution in [-0.4, -0.2) is 36.2 Å². The van der Waals surface area contributed by atoms with Gasteiger partial charge in [0.25, 0.3) is 0 Å². The molecule has 1 fully saturated rings. The van der Waals surface area contributed by atoms with Gasteiger partial charge in [-0.25, -0.2) is 0 Å². The van der Waals surface area contributed by atoms with E-state index < -0.39 is 0 Å². The summed E-state index contributed by atoms with van der Waals surface area (Å²) in [7, 11) is 2.22. The van der Waals surface area contributed by atoms with Gasteiger partial charge in [-0.1, -0.05) is 6.07 Å². The van der Waals surface area contributed by atoms with Gasteiger partial charge in [-0.3, -0.25) is 0 Å². The molecule has 2 aliphatic rings. The number of likely N-dealkylation sites (N-methyl/N-ethyl adjacent to an activating group) is 1. The number of nitrogens with zero attached hydrogens (tertiary/aromatic N) is 1. The zero-order valence-corrected chi connectivity index (χ0v) is 11.0. The molecule has 0 spiro atoms. The summed E-state index contributed by atoms with van der Waals surface area (Å²) >= 11 is 0. The van der Waals surface area contributed by atoms with Crippen LogP contribution >= 0.6 is 0 Å². The predicted octanol–water partition coefficient (Wildman–Crippen LogP) is 2.06. The van der Waals surface area contributed by atoms with Gasteiger partial charge >= 0.3 is 0 Å². The molecule has 1 atom stereocenters. The summed E-state index contributed by atoms with van der Waals surface area (Å²) in [4.78, 5) is 2.46. The number of aromatic hydroxyl groups is 1. The van der Waals surface area contributed by atoms with Crippen LogP contribution in [0.2, 0.25) is 0 Å². The molecular formula is C15H22N2O. The average Bonchev–Trinajstić information content (AvgIpc) is 3.13. The van der Waals surface area contributed by atoms with Crippen LogP contribution in [-0.2, 0) is 6.42 Å². The van der Waals surface area contributed by atoms with Gasteiger partial charge in [-0.2, -0.15) is 0 Å². The largest absolute Gasteiger partial charge is 0.508 e. The van der Waals surface area contributed by atoms with Gasteiger partial charge < -0.3 is 15.3 Å². The maximum Gasteiger partial charge on any atom is 0.115 e. The van der Waals surface area contributed by atoms with Crippen molar-refractivity contribution in [3.63, 3.8) is 0 Å². The quantitative estimate of drug-likeness (QED) is 0.835. The zero-order chi connectivity index (χ0) is 12.5. The fraction of sp³-hybridized carbons (Fsp3) is 0.600. The standard InChI is InChI=1S/C15H22N2O/c1-17(12-3-4-12)9-8-16-15-7-2-11-10-13(18)5-6-14(11)15/h5-6,10,12,15-16,18H,2-4,7-9H2,1H3. The Morgan fingerprint density at radius 2 is 2.17 bits per heavy atom. The van der Waals surface area contributed by atoms with Crippen LogP contribution < -0.4 is 5.32 Å². The normalized spacial score (nSPS) is 22.4. The summed E-state index contributed by atoms with van der Waals surface area (Å²) in [6, 6.07) is 7.11. The molecule has 1 aromatic rings. The van der Waals surface area contributed by atoms with Crippen LogP contribution in [0.25, 0.3) is 0 Å². The number of aryl methyl sites for hydroxylation is 1. The molecule has 2 N–H and O–H groups in total. The number of phenols is 1. The molecule has 2 aliphatic carbocycles. The first-order chi connectivity index (χ1) is 8.74. The molecule has 3 heteroatoms. The van der Waals surface area contributed by atoms with Crippen molar-refractivity contribution < 1.29 is 5.11 Å². The minimum absolute atomic E-state index is 0.392. The number of rotatable bonds is 5. The molecule has 1 aromatic carbocycles. The molecule has 3 rings (SSSR count). The van der Waals surface area contributed by atoms with Crippen LogP contribution in [0.15, 0.2) is 18.2 Å². The van der Waals surface area contributed by atoms with Crippen molar-refractivity contribution in [1.29, 1.82) is 0 Å². The highest BCUT2D eigenvalue weighted by Crippen LogP contribution is 2.33. The van der Waals surface area contributed by atoms with Crippen molar-refractivity contribution in [3.8, 4) is 5.75 Å². The van der Waals surface area contributed by atoms with Gasteiger partial charge in [0.15, 0.2) is 0 Å². The van der Waals surface area contributed by atoms with E-state index in [9.17, 15) is 5.11 Å². The highest BCUT2D eigenvalue weighted by atomic mass is 16.3. The Labute approximate surface area is 109 Å². The Hall–Kier alpha value is -1.06. The van der Waals surface area contributed by atoms with Crippen LogP contribution in [0.3, 0.4) is 0 Å². The molecule has 98 valence electrons. The van der Waals surface area contributed by atoms with Crippen molar-refractivity contribution in [2.75, 3.05) is 20.1 Å². The van der Waals surface area contributed by atoms with Crippen LogP contribution in [0, 0.1) is 0 Å². The second kappa shape index (κ2) is 4.90. The van der Waals surface area contributed by atoms with Gasteiger partial charge in [0.2, 0.25) is 0 Å². The van der Waals surface area contributed by atoms with Crippen LogP contribution in [0.1, 0.15) is 36.4 Å². The van der Waals surface area contributed by atoms with Crippen molar-refractivity contribution >= 4 is 0 Å². The van der Waals surface area contributed by atoms with Gasteiger partial charge in [0, 0.05) is 25.2 Å². The first-order valence-electron chi connectivity index (χ1n) is 6.99.